The van der Waals surface area contributed by atoms with Gasteiger partial charge in [0.2, 0.25) is 0 Å². The van der Waals surface area contributed by atoms with Gasteiger partial charge in [-0.2, -0.15) is 0 Å². The van der Waals surface area contributed by atoms with Crippen molar-refractivity contribution in [3.63, 3.8) is 0 Å². The summed E-state index contributed by atoms with van der Waals surface area (Å²) in [5.74, 6) is 0. The van der Waals surface area contributed by atoms with Crippen LogP contribution >= 0.6 is 0 Å². The van der Waals surface area contributed by atoms with Crippen molar-refractivity contribution >= 4 is 0 Å². The molecule has 0 aliphatic heterocycles. The Bertz CT molecular complexity index is 468. The zero-order chi connectivity index (χ0) is 20.9. The molecule has 164 valence electrons. The summed E-state index contributed by atoms with van der Waals surface area (Å²) in [4.78, 5) is 10.1. The van der Waals surface area contributed by atoms with Crippen molar-refractivity contribution in [3.8, 4) is 0 Å². The monoisotopic (exact) mass is 394 g/mol. The van der Waals surface area contributed by atoms with Crippen molar-refractivity contribution in [2.45, 2.75) is 123 Å². The van der Waals surface area contributed by atoms with Gasteiger partial charge < -0.3 is 5.32 Å². The molecule has 1 aromatic rings. The van der Waals surface area contributed by atoms with Crippen molar-refractivity contribution in [2.75, 3.05) is 6.54 Å². The number of aromatic amines is 1. The number of nitrogens with one attached hydrogen (secondary N) is 2. The van der Waals surface area contributed by atoms with Crippen molar-refractivity contribution < 1.29 is 0 Å². The molecule has 0 amide bonds. The molecule has 0 fully saturated rings. The lowest BCUT2D eigenvalue weighted by Crippen LogP contribution is -2.44. The lowest BCUT2D eigenvalue weighted by atomic mass is 9.86. The molecule has 0 bridgehead atoms. The van der Waals surface area contributed by atoms with Crippen LogP contribution in [0.3, 0.4) is 0 Å². The lowest BCUT2D eigenvalue weighted by molar-refractivity contribution is 0.268. The molecule has 0 aromatic carbocycles. The molecule has 2 N–H and O–H groups in total. The molecule has 0 radical (unpaired) electrons. The van der Waals surface area contributed by atoms with E-state index in [0.717, 1.165) is 0 Å². The van der Waals surface area contributed by atoms with Crippen LogP contribution in [0.25, 0.3) is 0 Å². The Morgan fingerprint density at radius 3 is 1.89 bits per heavy atom. The summed E-state index contributed by atoms with van der Waals surface area (Å²) in [5.41, 5.74) is 0.199. The topological polar surface area (TPSA) is 70.7 Å². The average Bonchev–Trinajstić information content (AvgIpc) is 2.72. The van der Waals surface area contributed by atoms with Gasteiger partial charge in [0, 0.05) is 11.6 Å². The maximum absolute atomic E-state index is 10.1. The molecule has 1 aromatic heterocycles. The van der Waals surface area contributed by atoms with Crippen LogP contribution in [0.4, 0.5) is 0 Å². The van der Waals surface area contributed by atoms with Gasteiger partial charge in [0.1, 0.15) is 0 Å². The Kier molecular flexibility index (Phi) is 18.3. The van der Waals surface area contributed by atoms with Gasteiger partial charge in [-0.3, -0.25) is 4.79 Å². The summed E-state index contributed by atoms with van der Waals surface area (Å²) in [7, 11) is 0. The second kappa shape index (κ2) is 19.1. The van der Waals surface area contributed by atoms with E-state index >= 15 is 0 Å². The molecule has 0 unspecified atom stereocenters. The molecule has 0 aliphatic rings. The minimum absolute atomic E-state index is 0.227. The van der Waals surface area contributed by atoms with Gasteiger partial charge in [-0.25, -0.2) is 5.10 Å². The summed E-state index contributed by atoms with van der Waals surface area (Å²) in [6, 6.07) is 1.30. The van der Waals surface area contributed by atoms with Gasteiger partial charge in [0.05, 0.1) is 6.20 Å². The largest absolute Gasteiger partial charge is 0.311 e. The molecule has 1 heterocycles. The van der Waals surface area contributed by atoms with Crippen molar-refractivity contribution in [2.24, 2.45) is 0 Å². The SMILES string of the molecule is CCCCCCCCCC(CC)(CC)NCCCCCC.O=c1ccnn[nH]1. The molecule has 5 nitrogen and oxygen atoms in total. The summed E-state index contributed by atoms with van der Waals surface area (Å²) in [6.45, 7) is 10.5. The number of nitrogens with zero attached hydrogens (tertiary/aromatic N) is 2. The summed E-state index contributed by atoms with van der Waals surface area (Å²) < 4.78 is 0. The fourth-order valence-corrected chi connectivity index (χ4v) is 3.52. The highest BCUT2D eigenvalue weighted by molar-refractivity contribution is 4.85. The fraction of sp³-hybridized carbons (Fsp3) is 0.870. The first-order valence-corrected chi connectivity index (χ1v) is 11.8. The maximum atomic E-state index is 10.1. The first-order chi connectivity index (χ1) is 13.6. The van der Waals surface area contributed by atoms with E-state index in [1.807, 2.05) is 0 Å². The van der Waals surface area contributed by atoms with Crippen LogP contribution < -0.4 is 10.9 Å². The first-order valence-electron chi connectivity index (χ1n) is 11.8. The molecule has 0 saturated carbocycles. The number of hydrogen-bond donors (Lipinski definition) is 2. The van der Waals surface area contributed by atoms with Crippen LogP contribution in [-0.4, -0.2) is 27.5 Å². The third kappa shape index (κ3) is 14.8. The predicted octanol–water partition coefficient (Wildman–Crippen LogP) is 6.02. The molecule has 0 aliphatic carbocycles. The third-order valence-corrected chi connectivity index (χ3v) is 5.65. The second-order valence-electron chi connectivity index (χ2n) is 7.85. The van der Waals surface area contributed by atoms with E-state index in [9.17, 15) is 4.79 Å². The van der Waals surface area contributed by atoms with E-state index in [2.05, 4.69) is 48.4 Å². The molecule has 5 heteroatoms. The number of H-pyrrole nitrogens is 1. The number of rotatable bonds is 16. The van der Waals surface area contributed by atoms with Crippen LogP contribution in [-0.2, 0) is 0 Å². The van der Waals surface area contributed by atoms with Gasteiger partial charge in [0.25, 0.3) is 5.56 Å². The van der Waals surface area contributed by atoms with E-state index in [0.29, 0.717) is 5.54 Å². The highest BCUT2D eigenvalue weighted by atomic mass is 16.1. The van der Waals surface area contributed by atoms with Crippen molar-refractivity contribution in [1.82, 2.24) is 20.7 Å². The first kappa shape index (κ1) is 26.8. The summed E-state index contributed by atoms with van der Waals surface area (Å²) in [6.07, 6.45) is 20.7. The Morgan fingerprint density at radius 1 is 0.857 bits per heavy atom. The molecular weight excluding hydrogens is 348 g/mol. The van der Waals surface area contributed by atoms with Crippen molar-refractivity contribution in [1.29, 1.82) is 0 Å². The van der Waals surface area contributed by atoms with Crippen molar-refractivity contribution in [3.05, 3.63) is 22.6 Å². The maximum Gasteiger partial charge on any atom is 0.267 e. The molecule has 28 heavy (non-hydrogen) atoms. The summed E-state index contributed by atoms with van der Waals surface area (Å²) >= 11 is 0. The second-order valence-corrected chi connectivity index (χ2v) is 7.85. The van der Waals surface area contributed by atoms with Crippen LogP contribution in [0.5, 0.6) is 0 Å². The zero-order valence-corrected chi connectivity index (χ0v) is 19.1. The van der Waals surface area contributed by atoms with Crippen LogP contribution in [0, 0.1) is 0 Å². The van der Waals surface area contributed by atoms with E-state index in [4.69, 9.17) is 0 Å². The molecule has 0 spiro atoms. The molecule has 0 atom stereocenters. The van der Waals surface area contributed by atoms with Crippen LogP contribution in [0.2, 0.25) is 0 Å². The minimum atomic E-state index is -0.227. The number of aromatic nitrogens is 3. The van der Waals surface area contributed by atoms with Gasteiger partial charge in [0.15, 0.2) is 0 Å². The summed E-state index contributed by atoms with van der Waals surface area (Å²) in [5, 5.41) is 12.6. The van der Waals surface area contributed by atoms with Crippen LogP contribution in [0.15, 0.2) is 17.1 Å². The lowest BCUT2D eigenvalue weighted by Gasteiger charge is -2.33. The van der Waals surface area contributed by atoms with Gasteiger partial charge in [-0.05, 0) is 32.2 Å². The Hall–Kier alpha value is -1.23. The highest BCUT2D eigenvalue weighted by Gasteiger charge is 2.24. The minimum Gasteiger partial charge on any atom is -0.311 e. The zero-order valence-electron chi connectivity index (χ0n) is 19.1. The Balaban J connectivity index is 0.000000861. The van der Waals surface area contributed by atoms with E-state index in [-0.39, 0.29) is 5.56 Å². The standard InChI is InChI=1S/C20H43N.C3H3N3O/c1-5-9-11-13-14-15-16-18-20(7-3,8-4)21-19-17-12-10-6-2;7-3-1-2-4-6-5-3/h21H,5-19H2,1-4H3;1-2H,(H,4,5,7). The quantitative estimate of drug-likeness (QED) is 0.336. The van der Waals surface area contributed by atoms with E-state index in [1.54, 1.807) is 0 Å². The smallest absolute Gasteiger partial charge is 0.267 e. The third-order valence-electron chi connectivity index (χ3n) is 5.65. The molecule has 1 rings (SSSR count). The molecule has 0 saturated heterocycles. The molecular formula is C23H46N4O. The van der Waals surface area contributed by atoms with Crippen LogP contribution in [0.1, 0.15) is 118 Å². The Morgan fingerprint density at radius 2 is 1.43 bits per heavy atom. The normalized spacial score (nSPS) is 11.1. The van der Waals surface area contributed by atoms with Gasteiger partial charge in [-0.1, -0.05) is 97.1 Å². The van der Waals surface area contributed by atoms with E-state index < -0.39 is 0 Å². The fourth-order valence-electron chi connectivity index (χ4n) is 3.52. The van der Waals surface area contributed by atoms with Gasteiger partial charge in [-0.15, -0.1) is 5.10 Å². The predicted molar refractivity (Wildman–Crippen MR) is 121 cm³/mol. The Labute approximate surface area is 173 Å². The highest BCUT2D eigenvalue weighted by Crippen LogP contribution is 2.23. The number of hydrogen-bond acceptors (Lipinski definition) is 4. The van der Waals surface area contributed by atoms with E-state index in [1.165, 1.54) is 109 Å². The number of unbranched alkanes of at least 4 members (excludes halogenated alkanes) is 9. The average molecular weight is 395 g/mol. The van der Waals surface area contributed by atoms with Gasteiger partial charge >= 0.3 is 0 Å².